The molecule has 0 unspecified atom stereocenters. The standard InChI is InChI=1S/C63H102N12O14S/c1-12-34(5)47(70-53(79)42(65-11)27-26-40-33-90-46-25-19-18-23-41(40)46)57(83)68-44(31-76)55(81)67-43(24-22-30-64)54(80)71-49(36(7)14-3)59(85)72-48(35(6)13-2)58(84)69-45(32-77)56(82)73-51-39(10)89-61(87)50(37(8)15-4)74-62(88)63(28-20-16-17-21-29-63)75-52(78)38(9)66-60(51)86/h18-19,23,25,33-39,42-45,47-51,65,76-77H,12-17,20-22,24,26-32,64H2,1-11H3,(H,66,86)(H,67,81)(H,68,83)(H,69,84)(H,70,79)(H,71,80)(H,72,85)(H,73,82)(H,74,88)(H,75,78)/t34-,35-,36-,37-,38-,39-,42+,43+,44-,45-,47-,48-,49+,50-,51+/m0/s1. The van der Waals surface area contributed by atoms with E-state index in [0.717, 1.165) is 28.5 Å². The van der Waals surface area contributed by atoms with Gasteiger partial charge in [-0.25, -0.2) is 4.79 Å². The van der Waals surface area contributed by atoms with Gasteiger partial charge in [-0.3, -0.25) is 47.9 Å². The second-order valence-electron chi connectivity index (χ2n) is 24.4. The van der Waals surface area contributed by atoms with Crippen LogP contribution in [0.4, 0.5) is 0 Å². The van der Waals surface area contributed by atoms with Crippen molar-refractivity contribution in [1.82, 2.24) is 58.5 Å². The maximum Gasteiger partial charge on any atom is 0.329 e. The largest absolute Gasteiger partial charge is 0.458 e. The first kappa shape index (κ1) is 75.6. The Morgan fingerprint density at radius 3 is 1.67 bits per heavy atom. The van der Waals surface area contributed by atoms with Gasteiger partial charge < -0.3 is 79.2 Å². The monoisotopic (exact) mass is 1280 g/mol. The third kappa shape index (κ3) is 20.9. The van der Waals surface area contributed by atoms with Gasteiger partial charge in [0.05, 0.1) is 19.3 Å². The van der Waals surface area contributed by atoms with Crippen LogP contribution in [0.2, 0.25) is 0 Å². The Balaban J connectivity index is 1.49. The van der Waals surface area contributed by atoms with Gasteiger partial charge >= 0.3 is 5.97 Å². The minimum absolute atomic E-state index is 0.0365. The predicted molar refractivity (Wildman–Crippen MR) is 340 cm³/mol. The van der Waals surface area contributed by atoms with Gasteiger partial charge in [0.25, 0.3) is 0 Å². The van der Waals surface area contributed by atoms with Crippen LogP contribution in [0.25, 0.3) is 10.1 Å². The number of rotatable bonds is 31. The number of nitrogens with one attached hydrogen (secondary N) is 11. The summed E-state index contributed by atoms with van der Waals surface area (Å²) in [4.78, 5) is 155. The van der Waals surface area contributed by atoms with Crippen LogP contribution in [0, 0.1) is 23.7 Å². The molecule has 1 saturated carbocycles. The van der Waals surface area contributed by atoms with E-state index in [9.17, 15) is 63.0 Å². The van der Waals surface area contributed by atoms with Crippen molar-refractivity contribution in [2.45, 2.75) is 231 Å². The first-order chi connectivity index (χ1) is 42.8. The molecule has 1 aromatic heterocycles. The van der Waals surface area contributed by atoms with Crippen LogP contribution in [0.3, 0.4) is 0 Å². The van der Waals surface area contributed by atoms with Crippen molar-refractivity contribution in [1.29, 1.82) is 0 Å². The van der Waals surface area contributed by atoms with E-state index >= 15 is 0 Å². The molecule has 27 heteroatoms. The second-order valence-corrected chi connectivity index (χ2v) is 25.3. The van der Waals surface area contributed by atoms with E-state index in [1.807, 2.05) is 38.1 Å². The van der Waals surface area contributed by atoms with Crippen LogP contribution in [0.5, 0.6) is 0 Å². The van der Waals surface area contributed by atoms with Gasteiger partial charge in [0.2, 0.25) is 59.1 Å². The summed E-state index contributed by atoms with van der Waals surface area (Å²) < 4.78 is 6.94. The van der Waals surface area contributed by atoms with Gasteiger partial charge in [0, 0.05) is 4.70 Å². The summed E-state index contributed by atoms with van der Waals surface area (Å²) in [6.07, 6.45) is 4.77. The number of nitrogens with two attached hydrogens (primary N) is 1. The first-order valence-electron chi connectivity index (χ1n) is 32.1. The SMILES string of the molecule is CC[C@H](C)[C@H](NC(=O)[C@@H](CCc1csc2ccccc12)NC)C(=O)N[C@@H](CO)C(=O)N[C@H](CCCN)C(=O)N[C@@H](C(=O)N[C@H](C(=O)N[C@@H](CO)C(=O)N[C@H]1C(=O)N[C@@H](C)C(=O)NC2(CCCCCC2)C(=O)N[C@@H]([C@@H](C)CC)C(=O)O[C@H]1C)[C@@H](C)CC)[C@@H](C)CC. The van der Waals surface area contributed by atoms with Gasteiger partial charge in [0.1, 0.15) is 66.0 Å². The molecule has 1 saturated heterocycles. The Labute approximate surface area is 533 Å². The van der Waals surface area contributed by atoms with E-state index in [4.69, 9.17) is 10.5 Å². The van der Waals surface area contributed by atoms with Crippen molar-refractivity contribution in [3.63, 3.8) is 0 Å². The molecule has 2 aromatic rings. The number of esters is 1. The topological polar surface area (TPSA) is 396 Å². The van der Waals surface area contributed by atoms with Crippen molar-refractivity contribution in [3.8, 4) is 0 Å². The zero-order chi connectivity index (χ0) is 67.0. The van der Waals surface area contributed by atoms with Crippen LogP contribution >= 0.6 is 11.3 Å². The zero-order valence-electron chi connectivity index (χ0n) is 54.3. The number of thiophene rings is 1. The van der Waals surface area contributed by atoms with Crippen LogP contribution in [-0.2, 0) is 63.9 Å². The summed E-state index contributed by atoms with van der Waals surface area (Å²) in [6.45, 7) is 14.9. The molecule has 2 heterocycles. The van der Waals surface area contributed by atoms with E-state index in [1.165, 1.54) is 13.8 Å². The van der Waals surface area contributed by atoms with Crippen LogP contribution in [0.1, 0.15) is 158 Å². The van der Waals surface area contributed by atoms with Crippen LogP contribution in [-0.4, -0.2) is 174 Å². The molecule has 1 aromatic carbocycles. The van der Waals surface area contributed by atoms with Crippen molar-refractivity contribution >= 4 is 86.5 Å². The summed E-state index contributed by atoms with van der Waals surface area (Å²) >= 11 is 1.62. The summed E-state index contributed by atoms with van der Waals surface area (Å²) in [5.41, 5.74) is 5.57. The number of amides is 10. The summed E-state index contributed by atoms with van der Waals surface area (Å²) in [5, 5.41) is 53.9. The highest BCUT2D eigenvalue weighted by Gasteiger charge is 2.46. The van der Waals surface area contributed by atoms with Crippen molar-refractivity contribution in [2.75, 3.05) is 26.8 Å². The normalized spacial score (nSPS) is 21.8. The molecule has 1 aliphatic heterocycles. The Hall–Kier alpha value is -6.81. The van der Waals surface area contributed by atoms with Gasteiger partial charge in [-0.1, -0.05) is 125 Å². The molecule has 10 amide bonds. The van der Waals surface area contributed by atoms with Crippen molar-refractivity contribution in [2.24, 2.45) is 29.4 Å². The molecule has 0 bridgehead atoms. The van der Waals surface area contributed by atoms with Crippen LogP contribution < -0.4 is 64.2 Å². The molecule has 15 N–H and O–H groups in total. The molecular formula is C63H102N12O14S. The van der Waals surface area contributed by atoms with Gasteiger partial charge in [0.15, 0.2) is 0 Å². The Kier molecular flexibility index (Phi) is 31.0. The Morgan fingerprint density at radius 1 is 0.644 bits per heavy atom. The molecule has 0 radical (unpaired) electrons. The summed E-state index contributed by atoms with van der Waals surface area (Å²) in [6, 6.07) is -5.43. The number of carbonyl (C=O) groups excluding carboxylic acids is 11. The van der Waals surface area contributed by atoms with E-state index in [1.54, 1.807) is 59.9 Å². The number of carbonyl (C=O) groups is 11. The second kappa shape index (κ2) is 36.9. The number of benzene rings is 1. The Morgan fingerprint density at radius 2 is 1.14 bits per heavy atom. The number of fused-ring (bicyclic) bond motifs is 1. The molecule has 15 atom stereocenters. The highest BCUT2D eigenvalue weighted by atomic mass is 32.1. The lowest BCUT2D eigenvalue weighted by atomic mass is 9.87. The van der Waals surface area contributed by atoms with E-state index in [0.29, 0.717) is 64.2 Å². The number of hydrogen-bond acceptors (Lipinski definition) is 17. The van der Waals surface area contributed by atoms with E-state index in [2.05, 4.69) is 63.9 Å². The van der Waals surface area contributed by atoms with Gasteiger partial charge in [-0.05, 0) is 112 Å². The number of cyclic esters (lactones) is 1. The summed E-state index contributed by atoms with van der Waals surface area (Å²) in [7, 11) is 1.65. The molecule has 504 valence electrons. The lowest BCUT2D eigenvalue weighted by Gasteiger charge is -2.35. The molecule has 2 aliphatic rings. The zero-order valence-corrected chi connectivity index (χ0v) is 55.2. The number of aliphatic hydroxyl groups is 2. The number of ether oxygens (including phenoxy) is 1. The van der Waals surface area contributed by atoms with E-state index in [-0.39, 0.29) is 19.4 Å². The maximum absolute atomic E-state index is 14.5. The Bertz CT molecular complexity index is 2760. The average molecular weight is 1280 g/mol. The minimum atomic E-state index is -1.77. The van der Waals surface area contributed by atoms with Gasteiger partial charge in [-0.15, -0.1) is 11.3 Å². The number of aryl methyl sites for hydroxylation is 1. The molecule has 1 spiro atoms. The van der Waals surface area contributed by atoms with Crippen molar-refractivity contribution < 1.29 is 67.7 Å². The fourth-order valence-corrected chi connectivity index (χ4v) is 11.9. The molecule has 4 rings (SSSR count). The fraction of sp³-hybridized carbons (Fsp3) is 0.698. The smallest absolute Gasteiger partial charge is 0.329 e. The fourth-order valence-electron chi connectivity index (χ4n) is 10.9. The number of aliphatic hydroxyl groups excluding tert-OH is 2. The van der Waals surface area contributed by atoms with Crippen molar-refractivity contribution in [3.05, 3.63) is 35.2 Å². The molecule has 90 heavy (non-hydrogen) atoms. The minimum Gasteiger partial charge on any atom is -0.458 e. The molecule has 1 aliphatic carbocycles. The average Bonchev–Trinajstić information content (AvgIpc) is 2.18. The third-order valence-electron chi connectivity index (χ3n) is 17.9. The molecule has 2 fully saturated rings. The highest BCUT2D eigenvalue weighted by Crippen LogP contribution is 2.30. The summed E-state index contributed by atoms with van der Waals surface area (Å²) in [5.74, 6) is -11.0. The van der Waals surface area contributed by atoms with E-state index < -0.39 is 174 Å². The number of likely N-dealkylation sites (N-methyl/N-ethyl adjacent to an activating group) is 1. The highest BCUT2D eigenvalue weighted by molar-refractivity contribution is 7.17. The third-order valence-corrected chi connectivity index (χ3v) is 18.9. The molecular weight excluding hydrogens is 1180 g/mol. The van der Waals surface area contributed by atoms with Crippen LogP contribution in [0.15, 0.2) is 29.6 Å². The first-order valence-corrected chi connectivity index (χ1v) is 33.0. The quantitative estimate of drug-likeness (QED) is 0.0466. The lowest BCUT2D eigenvalue weighted by Crippen LogP contribution is -2.64. The lowest BCUT2D eigenvalue weighted by molar-refractivity contribution is -0.157. The number of hydrogen-bond donors (Lipinski definition) is 14. The predicted octanol–water partition coefficient (Wildman–Crippen LogP) is 0.867. The molecule has 26 nitrogen and oxygen atoms in total. The van der Waals surface area contributed by atoms with Gasteiger partial charge in [-0.2, -0.15) is 0 Å². The maximum atomic E-state index is 14.5.